The first-order valence-electron chi connectivity index (χ1n) is 10.8. The van der Waals surface area contributed by atoms with E-state index in [0.717, 1.165) is 25.0 Å². The number of benzene rings is 2. The molecule has 1 atom stereocenters. The van der Waals surface area contributed by atoms with Gasteiger partial charge in [-0.2, -0.15) is 17.6 Å². The van der Waals surface area contributed by atoms with Gasteiger partial charge >= 0.3 is 13.2 Å². The summed E-state index contributed by atoms with van der Waals surface area (Å²) in [6, 6.07) is 6.93. The third kappa shape index (κ3) is 5.46. The standard InChI is InChI=1S/C23H21F4N3O6/c24-22(25)35-16-7-6-12(8-17(16)36-23(26)27)15(9-18(31)29-34)30-10-13-2-1-3-14(19(13)21(30)33)28-20(32)11-4-5-11/h1-3,6-8,10-11,15,22-23,33-34H,4-5,9H2,(H,28,32)(H,29,31). The number of rotatable bonds is 10. The molecular weight excluding hydrogens is 490 g/mol. The largest absolute Gasteiger partial charge is 0.494 e. The molecule has 0 aliphatic heterocycles. The molecule has 1 saturated carbocycles. The quantitative estimate of drug-likeness (QED) is 0.182. The number of halogens is 4. The number of nitrogens with one attached hydrogen (secondary N) is 2. The minimum Gasteiger partial charge on any atom is -0.494 e. The van der Waals surface area contributed by atoms with E-state index in [4.69, 9.17) is 5.21 Å². The molecule has 4 rings (SSSR count). The van der Waals surface area contributed by atoms with Crippen LogP contribution < -0.4 is 20.3 Å². The Labute approximate surface area is 201 Å². The van der Waals surface area contributed by atoms with Crippen LogP contribution in [-0.4, -0.2) is 39.9 Å². The molecule has 0 radical (unpaired) electrons. The number of aromatic nitrogens is 1. The van der Waals surface area contributed by atoms with Gasteiger partial charge in [0, 0.05) is 17.5 Å². The number of hydroxylamine groups is 1. The van der Waals surface area contributed by atoms with Crippen LogP contribution in [0.3, 0.4) is 0 Å². The molecule has 13 heteroatoms. The number of fused-ring (bicyclic) bond motifs is 1. The number of hydrogen-bond acceptors (Lipinski definition) is 6. The lowest BCUT2D eigenvalue weighted by molar-refractivity contribution is -0.129. The van der Waals surface area contributed by atoms with E-state index in [-0.39, 0.29) is 28.7 Å². The van der Waals surface area contributed by atoms with Gasteiger partial charge in [0.05, 0.1) is 23.5 Å². The number of nitrogens with zero attached hydrogens (tertiary/aromatic N) is 1. The smallest absolute Gasteiger partial charge is 0.387 e. The fraction of sp³-hybridized carbons (Fsp3) is 0.304. The van der Waals surface area contributed by atoms with Gasteiger partial charge in [-0.15, -0.1) is 0 Å². The maximum absolute atomic E-state index is 12.9. The van der Waals surface area contributed by atoms with Gasteiger partial charge in [0.2, 0.25) is 17.7 Å². The van der Waals surface area contributed by atoms with Crippen molar-refractivity contribution in [2.24, 2.45) is 5.92 Å². The zero-order chi connectivity index (χ0) is 26.0. The first kappa shape index (κ1) is 25.1. The highest BCUT2D eigenvalue weighted by Gasteiger charge is 2.31. The predicted octanol–water partition coefficient (Wildman–Crippen LogP) is 4.38. The maximum atomic E-state index is 12.9. The molecule has 9 nitrogen and oxygen atoms in total. The Morgan fingerprint density at radius 3 is 2.39 bits per heavy atom. The summed E-state index contributed by atoms with van der Waals surface area (Å²) < 4.78 is 61.1. The number of amides is 2. The monoisotopic (exact) mass is 511 g/mol. The summed E-state index contributed by atoms with van der Waals surface area (Å²) in [6.07, 6.45) is 2.50. The SMILES string of the molecule is O=C(CC(c1ccc(OC(F)F)c(OC(F)F)c1)n1cc2cccc(NC(=O)C3CC3)c2c1O)NO. The molecule has 192 valence electrons. The van der Waals surface area contributed by atoms with E-state index < -0.39 is 43.1 Å². The molecule has 2 amide bonds. The van der Waals surface area contributed by atoms with Gasteiger partial charge in [0.1, 0.15) is 0 Å². The lowest BCUT2D eigenvalue weighted by Crippen LogP contribution is -2.24. The average Bonchev–Trinajstić information content (AvgIpc) is 3.62. The molecule has 0 bridgehead atoms. The normalized spacial score (nSPS) is 14.2. The van der Waals surface area contributed by atoms with Gasteiger partial charge in [-0.1, -0.05) is 18.2 Å². The van der Waals surface area contributed by atoms with Crippen molar-refractivity contribution < 1.29 is 46.9 Å². The molecule has 1 fully saturated rings. The molecule has 3 aromatic rings. The lowest BCUT2D eigenvalue weighted by Gasteiger charge is -2.21. The van der Waals surface area contributed by atoms with Crippen LogP contribution in [0, 0.1) is 5.92 Å². The number of ether oxygens (including phenoxy) is 2. The van der Waals surface area contributed by atoms with Gasteiger partial charge in [-0.05, 0) is 36.6 Å². The summed E-state index contributed by atoms with van der Waals surface area (Å²) in [4.78, 5) is 24.4. The van der Waals surface area contributed by atoms with Crippen LogP contribution in [0.5, 0.6) is 17.4 Å². The van der Waals surface area contributed by atoms with Crippen molar-refractivity contribution in [2.45, 2.75) is 38.5 Å². The molecule has 0 spiro atoms. The summed E-state index contributed by atoms with van der Waals surface area (Å²) in [6.45, 7) is -6.67. The van der Waals surface area contributed by atoms with Crippen molar-refractivity contribution in [1.82, 2.24) is 10.0 Å². The molecule has 1 aromatic heterocycles. The minimum absolute atomic E-state index is 0.0926. The van der Waals surface area contributed by atoms with E-state index >= 15 is 0 Å². The second-order valence-corrected chi connectivity index (χ2v) is 8.11. The van der Waals surface area contributed by atoms with E-state index in [1.54, 1.807) is 18.2 Å². The third-order valence-electron chi connectivity index (χ3n) is 5.67. The fourth-order valence-corrected chi connectivity index (χ4v) is 3.90. The Hall–Kier alpha value is -4.00. The molecule has 1 heterocycles. The highest BCUT2D eigenvalue weighted by atomic mass is 19.3. The van der Waals surface area contributed by atoms with E-state index in [0.29, 0.717) is 11.1 Å². The van der Waals surface area contributed by atoms with Crippen LogP contribution in [0.4, 0.5) is 23.2 Å². The zero-order valence-corrected chi connectivity index (χ0v) is 18.5. The van der Waals surface area contributed by atoms with Crippen LogP contribution in [0.15, 0.2) is 42.6 Å². The summed E-state index contributed by atoms with van der Waals surface area (Å²) >= 11 is 0. The number of alkyl halides is 4. The molecule has 4 N–H and O–H groups in total. The van der Waals surface area contributed by atoms with Crippen molar-refractivity contribution in [3.63, 3.8) is 0 Å². The van der Waals surface area contributed by atoms with E-state index in [9.17, 15) is 32.3 Å². The van der Waals surface area contributed by atoms with Crippen molar-refractivity contribution in [1.29, 1.82) is 0 Å². The molecule has 1 unspecified atom stereocenters. The Morgan fingerprint density at radius 1 is 1.06 bits per heavy atom. The van der Waals surface area contributed by atoms with E-state index in [1.165, 1.54) is 22.3 Å². The van der Waals surface area contributed by atoms with Crippen molar-refractivity contribution in [3.8, 4) is 17.4 Å². The number of aromatic hydroxyl groups is 1. The summed E-state index contributed by atoms with van der Waals surface area (Å²) in [5.74, 6) is -2.93. The van der Waals surface area contributed by atoms with Gasteiger partial charge in [-0.25, -0.2) is 5.48 Å². The summed E-state index contributed by atoms with van der Waals surface area (Å²) in [5, 5.41) is 23.7. The molecule has 36 heavy (non-hydrogen) atoms. The number of carbonyl (C=O) groups excluding carboxylic acids is 2. The Bertz CT molecular complexity index is 1280. The fourth-order valence-electron chi connectivity index (χ4n) is 3.90. The Kier molecular flexibility index (Phi) is 7.20. The summed E-state index contributed by atoms with van der Waals surface area (Å²) in [5.41, 5.74) is 1.88. The highest BCUT2D eigenvalue weighted by Crippen LogP contribution is 2.41. The second kappa shape index (κ2) is 10.3. The number of hydrogen-bond donors (Lipinski definition) is 4. The number of carbonyl (C=O) groups is 2. The van der Waals surface area contributed by atoms with Crippen LogP contribution in [-0.2, 0) is 9.59 Å². The Balaban J connectivity index is 1.79. The number of anilines is 1. The first-order valence-corrected chi connectivity index (χ1v) is 10.8. The van der Waals surface area contributed by atoms with Crippen LogP contribution in [0.25, 0.3) is 10.8 Å². The summed E-state index contributed by atoms with van der Waals surface area (Å²) in [7, 11) is 0. The predicted molar refractivity (Wildman–Crippen MR) is 117 cm³/mol. The second-order valence-electron chi connectivity index (χ2n) is 8.11. The lowest BCUT2D eigenvalue weighted by atomic mass is 10.0. The molecule has 0 saturated heterocycles. The third-order valence-corrected chi connectivity index (χ3v) is 5.67. The van der Waals surface area contributed by atoms with Gasteiger partial charge in [0.15, 0.2) is 11.5 Å². The molecular formula is C23H21F4N3O6. The molecule has 1 aliphatic carbocycles. The van der Waals surface area contributed by atoms with Crippen molar-refractivity contribution >= 4 is 28.3 Å². The van der Waals surface area contributed by atoms with Gasteiger partial charge in [0.25, 0.3) is 0 Å². The van der Waals surface area contributed by atoms with E-state index in [1.807, 2.05) is 0 Å². The minimum atomic E-state index is -3.36. The van der Waals surface area contributed by atoms with Crippen molar-refractivity contribution in [3.05, 3.63) is 48.2 Å². The molecule has 1 aliphatic rings. The Morgan fingerprint density at radius 2 is 1.75 bits per heavy atom. The van der Waals surface area contributed by atoms with Crippen LogP contribution >= 0.6 is 0 Å². The van der Waals surface area contributed by atoms with Gasteiger partial charge < -0.3 is 24.5 Å². The molecule has 2 aromatic carbocycles. The maximum Gasteiger partial charge on any atom is 0.387 e. The van der Waals surface area contributed by atoms with Crippen LogP contribution in [0.1, 0.15) is 30.9 Å². The average molecular weight is 511 g/mol. The van der Waals surface area contributed by atoms with Crippen molar-refractivity contribution in [2.75, 3.05) is 5.32 Å². The van der Waals surface area contributed by atoms with E-state index in [2.05, 4.69) is 14.8 Å². The highest BCUT2D eigenvalue weighted by molar-refractivity contribution is 6.06. The van der Waals surface area contributed by atoms with Crippen LogP contribution in [0.2, 0.25) is 0 Å². The zero-order valence-electron chi connectivity index (χ0n) is 18.5. The first-order chi connectivity index (χ1) is 17.2. The topological polar surface area (TPSA) is 122 Å². The van der Waals surface area contributed by atoms with Gasteiger partial charge in [-0.3, -0.25) is 14.8 Å².